The van der Waals surface area contributed by atoms with Crippen LogP contribution in [-0.4, -0.2) is 12.2 Å². The summed E-state index contributed by atoms with van der Waals surface area (Å²) < 4.78 is 50.7. The first-order valence-corrected chi connectivity index (χ1v) is 7.00. The molecule has 7 heteroatoms. The van der Waals surface area contributed by atoms with Crippen LogP contribution in [0, 0.1) is 11.7 Å². The SMILES string of the molecule is Fc1cc(Cl)c(NC2CCC(C(F)(F)F)CC2)c(Cl)c1. The van der Waals surface area contributed by atoms with Crippen molar-refractivity contribution in [3.05, 3.63) is 28.0 Å². The lowest BCUT2D eigenvalue weighted by Crippen LogP contribution is -2.32. The highest BCUT2D eigenvalue weighted by atomic mass is 35.5. The third-order valence-corrected chi connectivity index (χ3v) is 4.14. The fourth-order valence-electron chi connectivity index (χ4n) is 2.45. The lowest BCUT2D eigenvalue weighted by molar-refractivity contribution is -0.182. The van der Waals surface area contributed by atoms with E-state index < -0.39 is 17.9 Å². The summed E-state index contributed by atoms with van der Waals surface area (Å²) in [6.07, 6.45) is -3.20. The van der Waals surface area contributed by atoms with Gasteiger partial charge in [0.25, 0.3) is 0 Å². The van der Waals surface area contributed by atoms with Crippen molar-refractivity contribution in [3.63, 3.8) is 0 Å². The zero-order valence-corrected chi connectivity index (χ0v) is 11.9. The first-order valence-electron chi connectivity index (χ1n) is 6.25. The van der Waals surface area contributed by atoms with E-state index in [9.17, 15) is 17.6 Å². The van der Waals surface area contributed by atoms with Gasteiger partial charge >= 0.3 is 6.18 Å². The van der Waals surface area contributed by atoms with Crippen LogP contribution in [0.4, 0.5) is 23.2 Å². The molecule has 0 aromatic heterocycles. The highest BCUT2D eigenvalue weighted by Crippen LogP contribution is 2.39. The Balaban J connectivity index is 2.00. The van der Waals surface area contributed by atoms with Crippen LogP contribution in [0.25, 0.3) is 0 Å². The number of anilines is 1. The van der Waals surface area contributed by atoms with Crippen LogP contribution in [0.15, 0.2) is 12.1 Å². The van der Waals surface area contributed by atoms with E-state index in [1.54, 1.807) is 0 Å². The van der Waals surface area contributed by atoms with Crippen molar-refractivity contribution in [1.82, 2.24) is 0 Å². The maximum Gasteiger partial charge on any atom is 0.391 e. The monoisotopic (exact) mass is 329 g/mol. The van der Waals surface area contributed by atoms with Crippen LogP contribution < -0.4 is 5.32 Å². The summed E-state index contributed by atoms with van der Waals surface area (Å²) in [6.45, 7) is 0. The van der Waals surface area contributed by atoms with Gasteiger partial charge in [-0.25, -0.2) is 4.39 Å². The normalized spacial score (nSPS) is 23.7. The summed E-state index contributed by atoms with van der Waals surface area (Å²) in [5.41, 5.74) is 0.380. The van der Waals surface area contributed by atoms with Crippen molar-refractivity contribution in [2.45, 2.75) is 37.9 Å². The Morgan fingerprint density at radius 3 is 1.95 bits per heavy atom. The average molecular weight is 330 g/mol. The molecule has 1 aliphatic carbocycles. The second-order valence-corrected chi connectivity index (χ2v) is 5.79. The third kappa shape index (κ3) is 3.70. The summed E-state index contributed by atoms with van der Waals surface area (Å²) in [7, 11) is 0. The van der Waals surface area contributed by atoms with Gasteiger partial charge in [0.15, 0.2) is 0 Å². The first kappa shape index (κ1) is 15.7. The predicted molar refractivity (Wildman–Crippen MR) is 71.8 cm³/mol. The fraction of sp³-hybridized carbons (Fsp3) is 0.538. The minimum Gasteiger partial charge on any atom is -0.380 e. The minimum atomic E-state index is -4.13. The predicted octanol–water partition coefficient (Wildman–Crippen LogP) is 5.67. The molecule has 20 heavy (non-hydrogen) atoms. The lowest BCUT2D eigenvalue weighted by Gasteiger charge is -2.31. The lowest BCUT2D eigenvalue weighted by atomic mass is 9.85. The largest absolute Gasteiger partial charge is 0.391 e. The Morgan fingerprint density at radius 2 is 1.50 bits per heavy atom. The molecule has 1 N–H and O–H groups in total. The summed E-state index contributed by atoms with van der Waals surface area (Å²) in [4.78, 5) is 0. The van der Waals surface area contributed by atoms with E-state index in [-0.39, 0.29) is 28.9 Å². The van der Waals surface area contributed by atoms with Crippen molar-refractivity contribution in [2.75, 3.05) is 5.32 Å². The molecular formula is C13H13Cl2F4N. The molecule has 0 radical (unpaired) electrons. The quantitative estimate of drug-likeness (QED) is 0.690. The van der Waals surface area contributed by atoms with Gasteiger partial charge in [0, 0.05) is 6.04 Å². The number of halogens is 6. The summed E-state index contributed by atoms with van der Waals surface area (Å²) in [5.74, 6) is -1.79. The van der Waals surface area contributed by atoms with Crippen LogP contribution in [-0.2, 0) is 0 Å². The van der Waals surface area contributed by atoms with Gasteiger partial charge in [-0.3, -0.25) is 0 Å². The first-order chi connectivity index (χ1) is 9.27. The summed E-state index contributed by atoms with van der Waals surface area (Å²) in [6, 6.07) is 2.11. The Hall–Kier alpha value is -0.680. The van der Waals surface area contributed by atoms with Gasteiger partial charge in [-0.2, -0.15) is 13.2 Å². The topological polar surface area (TPSA) is 12.0 Å². The van der Waals surface area contributed by atoms with Crippen molar-refractivity contribution in [1.29, 1.82) is 0 Å². The summed E-state index contributed by atoms with van der Waals surface area (Å²) >= 11 is 11.8. The average Bonchev–Trinajstić information content (AvgIpc) is 2.33. The van der Waals surface area contributed by atoms with Crippen molar-refractivity contribution in [3.8, 4) is 0 Å². The molecular weight excluding hydrogens is 317 g/mol. The van der Waals surface area contributed by atoms with Crippen molar-refractivity contribution in [2.24, 2.45) is 5.92 Å². The Bertz CT molecular complexity index is 459. The van der Waals surface area contributed by atoms with E-state index in [1.807, 2.05) is 0 Å². The van der Waals surface area contributed by atoms with E-state index in [4.69, 9.17) is 23.2 Å². The highest BCUT2D eigenvalue weighted by Gasteiger charge is 2.41. The van der Waals surface area contributed by atoms with Gasteiger partial charge in [0.1, 0.15) is 5.82 Å². The maximum absolute atomic E-state index is 13.0. The zero-order valence-electron chi connectivity index (χ0n) is 10.4. The van der Waals surface area contributed by atoms with E-state index >= 15 is 0 Å². The van der Waals surface area contributed by atoms with Gasteiger partial charge in [0.05, 0.1) is 21.7 Å². The number of hydrogen-bond donors (Lipinski definition) is 1. The number of alkyl halides is 3. The second kappa shape index (κ2) is 5.98. The molecule has 0 saturated heterocycles. The second-order valence-electron chi connectivity index (χ2n) is 4.98. The third-order valence-electron chi connectivity index (χ3n) is 3.55. The molecule has 1 aromatic carbocycles. The van der Waals surface area contributed by atoms with E-state index in [2.05, 4.69) is 5.32 Å². The van der Waals surface area contributed by atoms with Gasteiger partial charge in [-0.05, 0) is 37.8 Å². The maximum atomic E-state index is 13.0. The van der Waals surface area contributed by atoms with E-state index in [0.29, 0.717) is 18.5 Å². The van der Waals surface area contributed by atoms with E-state index in [0.717, 1.165) is 12.1 Å². The number of rotatable bonds is 2. The van der Waals surface area contributed by atoms with Gasteiger partial charge < -0.3 is 5.32 Å². The molecule has 0 bridgehead atoms. The van der Waals surface area contributed by atoms with Crippen molar-refractivity contribution >= 4 is 28.9 Å². The van der Waals surface area contributed by atoms with Crippen LogP contribution in [0.2, 0.25) is 10.0 Å². The van der Waals surface area contributed by atoms with Gasteiger partial charge in [-0.1, -0.05) is 23.2 Å². The number of nitrogens with one attached hydrogen (secondary N) is 1. The molecule has 0 aliphatic heterocycles. The van der Waals surface area contributed by atoms with Gasteiger partial charge in [-0.15, -0.1) is 0 Å². The number of benzene rings is 1. The smallest absolute Gasteiger partial charge is 0.380 e. The molecule has 1 aliphatic rings. The molecule has 112 valence electrons. The summed E-state index contributed by atoms with van der Waals surface area (Å²) in [5, 5.41) is 3.28. The fourth-order valence-corrected chi connectivity index (χ4v) is 3.02. The van der Waals surface area contributed by atoms with E-state index in [1.165, 1.54) is 0 Å². The van der Waals surface area contributed by atoms with Crippen LogP contribution >= 0.6 is 23.2 Å². The zero-order chi connectivity index (χ0) is 14.9. The van der Waals surface area contributed by atoms with Crippen LogP contribution in [0.1, 0.15) is 25.7 Å². The molecule has 1 saturated carbocycles. The Kier molecular flexibility index (Phi) is 4.69. The molecule has 0 unspecified atom stereocenters. The van der Waals surface area contributed by atoms with Crippen LogP contribution in [0.5, 0.6) is 0 Å². The molecule has 1 nitrogen and oxygen atoms in total. The van der Waals surface area contributed by atoms with Crippen LogP contribution in [0.3, 0.4) is 0 Å². The molecule has 0 spiro atoms. The molecule has 2 rings (SSSR count). The molecule has 1 fully saturated rings. The standard InChI is InChI=1S/C13H13Cl2F4N/c14-10-5-8(16)6-11(15)12(10)20-9-3-1-7(2-4-9)13(17,18)19/h5-7,9,20H,1-4H2. The molecule has 0 amide bonds. The molecule has 1 aromatic rings. The number of hydrogen-bond acceptors (Lipinski definition) is 1. The Labute approximate surface area is 124 Å². The molecule has 0 heterocycles. The van der Waals surface area contributed by atoms with Gasteiger partial charge in [0.2, 0.25) is 0 Å². The Morgan fingerprint density at radius 1 is 1.00 bits per heavy atom. The van der Waals surface area contributed by atoms with Crippen molar-refractivity contribution < 1.29 is 17.6 Å². The molecule has 0 atom stereocenters. The minimum absolute atomic E-state index is 0.0810. The highest BCUT2D eigenvalue weighted by molar-refractivity contribution is 6.39.